The van der Waals surface area contributed by atoms with Gasteiger partial charge in [-0.1, -0.05) is 67.6 Å². The van der Waals surface area contributed by atoms with Crippen molar-refractivity contribution in [3.8, 4) is 0 Å². The summed E-state index contributed by atoms with van der Waals surface area (Å²) in [6.07, 6.45) is 11.9. The SMILES string of the molecule is Cn1nnc2cc(C(CC(=O)O)c3cccc(Cn4cnc(CC5CCCCC5)c4)c3)ccc21. The first kappa shape index (κ1) is 22.3. The average Bonchev–Trinajstić information content (AvgIpc) is 3.44. The Hall–Kier alpha value is -3.48. The molecule has 2 aromatic carbocycles. The van der Waals surface area contributed by atoms with E-state index >= 15 is 0 Å². The first-order valence-corrected chi connectivity index (χ1v) is 12.2. The Kier molecular flexibility index (Phi) is 6.43. The molecule has 2 heterocycles. The van der Waals surface area contributed by atoms with E-state index in [9.17, 15) is 9.90 Å². The Morgan fingerprint density at radius 3 is 2.76 bits per heavy atom. The average molecular weight is 458 g/mol. The van der Waals surface area contributed by atoms with E-state index in [1.807, 2.05) is 43.7 Å². The van der Waals surface area contributed by atoms with E-state index in [0.29, 0.717) is 6.54 Å². The molecule has 0 aliphatic heterocycles. The molecule has 0 amide bonds. The van der Waals surface area contributed by atoms with Gasteiger partial charge in [-0.15, -0.1) is 5.10 Å². The summed E-state index contributed by atoms with van der Waals surface area (Å²) >= 11 is 0. The van der Waals surface area contributed by atoms with E-state index in [1.54, 1.807) is 4.68 Å². The van der Waals surface area contributed by atoms with Crippen molar-refractivity contribution in [3.63, 3.8) is 0 Å². The second kappa shape index (κ2) is 9.79. The molecule has 7 heteroatoms. The van der Waals surface area contributed by atoms with E-state index in [1.165, 1.54) is 37.8 Å². The molecule has 0 saturated heterocycles. The van der Waals surface area contributed by atoms with E-state index in [2.05, 4.69) is 38.2 Å². The molecule has 176 valence electrons. The normalized spacial score (nSPS) is 15.6. The number of rotatable bonds is 8. The lowest BCUT2D eigenvalue weighted by molar-refractivity contribution is -0.137. The summed E-state index contributed by atoms with van der Waals surface area (Å²) in [7, 11) is 1.85. The summed E-state index contributed by atoms with van der Waals surface area (Å²) < 4.78 is 3.86. The third kappa shape index (κ3) is 5.03. The summed E-state index contributed by atoms with van der Waals surface area (Å²) in [6, 6.07) is 14.1. The lowest BCUT2D eigenvalue weighted by atomic mass is 9.86. The van der Waals surface area contributed by atoms with Crippen molar-refractivity contribution in [3.05, 3.63) is 77.4 Å². The topological polar surface area (TPSA) is 85.8 Å². The zero-order valence-corrected chi connectivity index (χ0v) is 19.6. The highest BCUT2D eigenvalue weighted by Crippen LogP contribution is 2.31. The highest BCUT2D eigenvalue weighted by Gasteiger charge is 2.20. The monoisotopic (exact) mass is 457 g/mol. The standard InChI is InChI=1S/C27H31N5O2/c1-31-26-11-10-22(14-25(26)29-30-31)24(15-27(33)34)21-9-5-8-20(12-21)16-32-17-23(28-18-32)13-19-6-3-2-4-7-19/h5,8-12,14,17-19,24H,2-4,6-7,13,15-16H2,1H3,(H,33,34). The van der Waals surface area contributed by atoms with Crippen LogP contribution in [0.15, 0.2) is 55.0 Å². The Morgan fingerprint density at radius 2 is 1.94 bits per heavy atom. The maximum Gasteiger partial charge on any atom is 0.304 e. The first-order valence-electron chi connectivity index (χ1n) is 12.2. The number of fused-ring (bicyclic) bond motifs is 1. The molecular weight excluding hydrogens is 426 g/mol. The van der Waals surface area contributed by atoms with Crippen LogP contribution in [0.2, 0.25) is 0 Å². The molecule has 34 heavy (non-hydrogen) atoms. The van der Waals surface area contributed by atoms with Crippen molar-refractivity contribution in [1.29, 1.82) is 0 Å². The van der Waals surface area contributed by atoms with Gasteiger partial charge in [-0.3, -0.25) is 4.79 Å². The Balaban J connectivity index is 1.36. The molecular formula is C27H31N5O2. The zero-order chi connectivity index (χ0) is 23.5. The molecule has 0 spiro atoms. The van der Waals surface area contributed by atoms with Crippen molar-refractivity contribution < 1.29 is 9.90 Å². The summed E-state index contributed by atoms with van der Waals surface area (Å²) in [5, 5.41) is 17.9. The minimum atomic E-state index is -0.823. The smallest absolute Gasteiger partial charge is 0.304 e. The predicted octanol–water partition coefficient (Wildman–Crippen LogP) is 4.94. The fraction of sp³-hybridized carbons (Fsp3) is 0.407. The summed E-state index contributed by atoms with van der Waals surface area (Å²) in [5.41, 5.74) is 5.93. The third-order valence-corrected chi connectivity index (χ3v) is 7.04. The zero-order valence-electron chi connectivity index (χ0n) is 19.6. The third-order valence-electron chi connectivity index (χ3n) is 7.04. The van der Waals surface area contributed by atoms with Crippen molar-refractivity contribution in [1.82, 2.24) is 24.5 Å². The molecule has 5 rings (SSSR count). The highest BCUT2D eigenvalue weighted by atomic mass is 16.4. The molecule has 2 aromatic heterocycles. The Bertz CT molecular complexity index is 1290. The lowest BCUT2D eigenvalue weighted by Crippen LogP contribution is -2.09. The maximum absolute atomic E-state index is 11.7. The molecule has 1 aliphatic carbocycles. The number of aromatic nitrogens is 5. The van der Waals surface area contributed by atoms with Gasteiger partial charge in [0.1, 0.15) is 5.52 Å². The fourth-order valence-electron chi connectivity index (χ4n) is 5.28. The lowest BCUT2D eigenvalue weighted by Gasteiger charge is -2.20. The predicted molar refractivity (Wildman–Crippen MR) is 131 cm³/mol. The number of carbonyl (C=O) groups is 1. The van der Waals surface area contributed by atoms with Crippen LogP contribution in [0.25, 0.3) is 11.0 Å². The minimum Gasteiger partial charge on any atom is -0.481 e. The molecule has 1 unspecified atom stereocenters. The van der Waals surface area contributed by atoms with Crippen LogP contribution in [-0.2, 0) is 24.8 Å². The van der Waals surface area contributed by atoms with Gasteiger partial charge in [0.25, 0.3) is 0 Å². The summed E-state index contributed by atoms with van der Waals surface area (Å²) in [6.45, 7) is 0.717. The number of aliphatic carboxylic acids is 1. The van der Waals surface area contributed by atoms with Crippen molar-refractivity contribution >= 4 is 17.0 Å². The molecule has 1 atom stereocenters. The number of hydrogen-bond donors (Lipinski definition) is 1. The van der Waals surface area contributed by atoms with Gasteiger partial charge in [-0.05, 0) is 41.2 Å². The van der Waals surface area contributed by atoms with Gasteiger partial charge < -0.3 is 9.67 Å². The summed E-state index contributed by atoms with van der Waals surface area (Å²) in [4.78, 5) is 16.4. The van der Waals surface area contributed by atoms with Gasteiger partial charge in [-0.2, -0.15) is 0 Å². The van der Waals surface area contributed by atoms with Gasteiger partial charge in [0, 0.05) is 25.7 Å². The van der Waals surface area contributed by atoms with Gasteiger partial charge >= 0.3 is 5.97 Å². The molecule has 1 saturated carbocycles. The second-order valence-electron chi connectivity index (χ2n) is 9.60. The van der Waals surface area contributed by atoms with Crippen LogP contribution in [0.1, 0.15) is 66.8 Å². The molecule has 4 aromatic rings. The van der Waals surface area contributed by atoms with E-state index < -0.39 is 5.97 Å². The van der Waals surface area contributed by atoms with Gasteiger partial charge in [0.05, 0.1) is 24.0 Å². The molecule has 0 bridgehead atoms. The Morgan fingerprint density at radius 1 is 1.12 bits per heavy atom. The van der Waals surface area contributed by atoms with E-state index in [0.717, 1.165) is 40.1 Å². The first-order chi connectivity index (χ1) is 16.5. The van der Waals surface area contributed by atoms with Crippen molar-refractivity contribution in [2.45, 2.75) is 57.4 Å². The number of hydrogen-bond acceptors (Lipinski definition) is 4. The van der Waals surface area contributed by atoms with Gasteiger partial charge in [0.2, 0.25) is 0 Å². The number of carboxylic acid groups (broad SMARTS) is 1. The van der Waals surface area contributed by atoms with Crippen LogP contribution in [0.3, 0.4) is 0 Å². The van der Waals surface area contributed by atoms with Crippen LogP contribution in [0.4, 0.5) is 0 Å². The number of aryl methyl sites for hydroxylation is 1. The largest absolute Gasteiger partial charge is 0.481 e. The van der Waals surface area contributed by atoms with Gasteiger partial charge in [0.15, 0.2) is 0 Å². The molecule has 1 aliphatic rings. The molecule has 7 nitrogen and oxygen atoms in total. The number of nitrogens with zero attached hydrogens (tertiary/aromatic N) is 5. The van der Waals surface area contributed by atoms with Crippen molar-refractivity contribution in [2.24, 2.45) is 13.0 Å². The molecule has 0 radical (unpaired) electrons. The number of carboxylic acids is 1. The minimum absolute atomic E-state index is 0.0197. The molecule has 1 fully saturated rings. The fourth-order valence-corrected chi connectivity index (χ4v) is 5.28. The highest BCUT2D eigenvalue weighted by molar-refractivity contribution is 5.76. The molecule has 1 N–H and O–H groups in total. The van der Waals surface area contributed by atoms with Crippen molar-refractivity contribution in [2.75, 3.05) is 0 Å². The Labute approximate surface area is 199 Å². The van der Waals surface area contributed by atoms with Crippen LogP contribution >= 0.6 is 0 Å². The van der Waals surface area contributed by atoms with Crippen LogP contribution < -0.4 is 0 Å². The van der Waals surface area contributed by atoms with E-state index in [4.69, 9.17) is 0 Å². The van der Waals surface area contributed by atoms with Crippen LogP contribution in [-0.4, -0.2) is 35.6 Å². The van der Waals surface area contributed by atoms with Crippen LogP contribution in [0.5, 0.6) is 0 Å². The summed E-state index contributed by atoms with van der Waals surface area (Å²) in [5.74, 6) is -0.311. The van der Waals surface area contributed by atoms with Gasteiger partial charge in [-0.25, -0.2) is 9.67 Å². The quantitative estimate of drug-likeness (QED) is 0.405. The van der Waals surface area contributed by atoms with Crippen LogP contribution in [0, 0.1) is 5.92 Å². The maximum atomic E-state index is 11.7. The number of imidazole rings is 1. The van der Waals surface area contributed by atoms with E-state index in [-0.39, 0.29) is 12.3 Å². The second-order valence-corrected chi connectivity index (χ2v) is 9.60. The number of benzene rings is 2.